The molecule has 0 atom stereocenters. The van der Waals surface area contributed by atoms with E-state index in [0.717, 1.165) is 21.4 Å². The van der Waals surface area contributed by atoms with E-state index < -0.39 is 6.03 Å². The minimum absolute atomic E-state index is 0.669. The number of hydrazone groups is 1. The highest BCUT2D eigenvalue weighted by molar-refractivity contribution is 9.10. The average Bonchev–Trinajstić information content (AvgIpc) is 2.49. The molecule has 0 heterocycles. The van der Waals surface area contributed by atoms with Crippen molar-refractivity contribution < 1.29 is 4.79 Å². The zero-order chi connectivity index (χ0) is 16.8. The molecule has 0 aliphatic heterocycles. The van der Waals surface area contributed by atoms with Gasteiger partial charge in [-0.25, -0.2) is 10.2 Å². The number of thioether (sulfide) groups is 1. The number of halogens is 1. The molecule has 0 saturated carbocycles. The van der Waals surface area contributed by atoms with E-state index in [1.165, 1.54) is 16.0 Å². The first-order valence-electron chi connectivity index (χ1n) is 7.02. The molecule has 2 aromatic rings. The van der Waals surface area contributed by atoms with Gasteiger partial charge in [0, 0.05) is 15.1 Å². The predicted octanol–water partition coefficient (Wildman–Crippen LogP) is 4.36. The predicted molar refractivity (Wildman–Crippen MR) is 99.9 cm³/mol. The molecule has 23 heavy (non-hydrogen) atoms. The number of nitrogens with one attached hydrogen (secondary N) is 1. The molecule has 2 amide bonds. The van der Waals surface area contributed by atoms with Crippen molar-refractivity contribution in [3.05, 3.63) is 63.1 Å². The second-order valence-corrected chi connectivity index (χ2v) is 7.08. The van der Waals surface area contributed by atoms with Gasteiger partial charge in [0.15, 0.2) is 0 Å². The second-order valence-electron chi connectivity index (χ2n) is 5.11. The molecule has 0 spiro atoms. The number of carbonyl (C=O) groups is 1. The SMILES string of the molecule is Cc1cc(C)c(CSc2ccc(Br)cc2)cc1/C=N\NC(N)=O. The van der Waals surface area contributed by atoms with Gasteiger partial charge in [-0.3, -0.25) is 0 Å². The summed E-state index contributed by atoms with van der Waals surface area (Å²) in [6.07, 6.45) is 1.62. The Hall–Kier alpha value is -1.79. The molecule has 6 heteroatoms. The molecule has 2 rings (SSSR count). The minimum atomic E-state index is -0.669. The molecule has 0 fully saturated rings. The maximum absolute atomic E-state index is 10.7. The molecule has 3 N–H and O–H groups in total. The summed E-state index contributed by atoms with van der Waals surface area (Å²) in [5.74, 6) is 0.873. The summed E-state index contributed by atoms with van der Waals surface area (Å²) in [5, 5.41) is 3.84. The quantitative estimate of drug-likeness (QED) is 0.451. The fourth-order valence-corrected chi connectivity index (χ4v) is 3.29. The van der Waals surface area contributed by atoms with Gasteiger partial charge in [-0.05, 0) is 66.4 Å². The van der Waals surface area contributed by atoms with Gasteiger partial charge in [0.1, 0.15) is 0 Å². The molecule has 120 valence electrons. The molecule has 0 saturated heterocycles. The molecule has 4 nitrogen and oxygen atoms in total. The largest absolute Gasteiger partial charge is 0.350 e. The Labute approximate surface area is 148 Å². The summed E-state index contributed by atoms with van der Waals surface area (Å²) in [4.78, 5) is 11.9. The maximum Gasteiger partial charge on any atom is 0.332 e. The van der Waals surface area contributed by atoms with Gasteiger partial charge in [-0.15, -0.1) is 11.8 Å². The van der Waals surface area contributed by atoms with E-state index in [0.29, 0.717) is 0 Å². The van der Waals surface area contributed by atoms with Crippen molar-refractivity contribution in [3.63, 3.8) is 0 Å². The lowest BCUT2D eigenvalue weighted by Gasteiger charge is -2.10. The number of hydrogen-bond acceptors (Lipinski definition) is 3. The molecule has 2 aromatic carbocycles. The Morgan fingerprint density at radius 2 is 1.96 bits per heavy atom. The summed E-state index contributed by atoms with van der Waals surface area (Å²) in [5.41, 5.74) is 11.8. The Bertz CT molecular complexity index is 729. The average molecular weight is 392 g/mol. The number of aryl methyl sites for hydroxylation is 2. The van der Waals surface area contributed by atoms with Gasteiger partial charge in [0.05, 0.1) is 6.21 Å². The molecule has 0 aliphatic carbocycles. The molecule has 0 unspecified atom stereocenters. The number of carbonyl (C=O) groups excluding carboxylic acids is 1. The number of benzene rings is 2. The third-order valence-electron chi connectivity index (χ3n) is 3.31. The van der Waals surface area contributed by atoms with E-state index in [4.69, 9.17) is 5.73 Å². The first-order chi connectivity index (χ1) is 11.0. The van der Waals surface area contributed by atoms with Crippen LogP contribution < -0.4 is 11.2 Å². The number of urea groups is 1. The third-order valence-corrected chi connectivity index (χ3v) is 4.90. The van der Waals surface area contributed by atoms with Crippen LogP contribution in [0, 0.1) is 13.8 Å². The minimum Gasteiger partial charge on any atom is -0.350 e. The summed E-state index contributed by atoms with van der Waals surface area (Å²) in [6, 6.07) is 11.8. The summed E-state index contributed by atoms with van der Waals surface area (Å²) < 4.78 is 1.08. The smallest absolute Gasteiger partial charge is 0.332 e. The van der Waals surface area contributed by atoms with Crippen LogP contribution in [-0.4, -0.2) is 12.2 Å². The van der Waals surface area contributed by atoms with Gasteiger partial charge < -0.3 is 5.73 Å². The molecular formula is C17H18BrN3OS. The van der Waals surface area contributed by atoms with Gasteiger partial charge >= 0.3 is 6.03 Å². The van der Waals surface area contributed by atoms with Crippen LogP contribution in [0.25, 0.3) is 0 Å². The van der Waals surface area contributed by atoms with Crippen LogP contribution >= 0.6 is 27.7 Å². The highest BCUT2D eigenvalue weighted by atomic mass is 79.9. The van der Waals surface area contributed by atoms with Gasteiger partial charge in [0.25, 0.3) is 0 Å². The van der Waals surface area contributed by atoms with E-state index in [1.807, 2.05) is 19.1 Å². The topological polar surface area (TPSA) is 67.5 Å². The summed E-state index contributed by atoms with van der Waals surface area (Å²) in [6.45, 7) is 4.12. The Kier molecular flexibility index (Phi) is 6.24. The molecule has 0 radical (unpaired) electrons. The Balaban J connectivity index is 2.13. The molecular weight excluding hydrogens is 374 g/mol. The zero-order valence-electron chi connectivity index (χ0n) is 13.0. The van der Waals surface area contributed by atoms with E-state index in [9.17, 15) is 4.79 Å². The number of hydrogen-bond donors (Lipinski definition) is 2. The van der Waals surface area contributed by atoms with Crippen molar-refractivity contribution in [1.82, 2.24) is 5.43 Å². The fraction of sp³-hybridized carbons (Fsp3) is 0.176. The fourth-order valence-electron chi connectivity index (χ4n) is 2.07. The van der Waals surface area contributed by atoms with Crippen molar-refractivity contribution in [3.8, 4) is 0 Å². The van der Waals surface area contributed by atoms with Crippen molar-refractivity contribution >= 4 is 39.9 Å². The van der Waals surface area contributed by atoms with Gasteiger partial charge in [-0.1, -0.05) is 22.0 Å². The highest BCUT2D eigenvalue weighted by Crippen LogP contribution is 2.27. The van der Waals surface area contributed by atoms with Crippen molar-refractivity contribution in [2.75, 3.05) is 0 Å². The standard InChI is InChI=1S/C17H18BrN3OS/c1-11-7-12(2)14(8-13(11)9-20-21-17(19)22)10-23-16-5-3-15(18)4-6-16/h3-9H,10H2,1-2H3,(H3,19,21,22)/b20-9-. The van der Waals surface area contributed by atoms with Crippen molar-refractivity contribution in [2.45, 2.75) is 24.5 Å². The number of nitrogens with two attached hydrogens (primary N) is 1. The van der Waals surface area contributed by atoms with E-state index in [2.05, 4.69) is 57.6 Å². The lowest BCUT2D eigenvalue weighted by Crippen LogP contribution is -2.24. The number of amides is 2. The first kappa shape index (κ1) is 17.6. The van der Waals surface area contributed by atoms with Crippen LogP contribution in [0.15, 0.2) is 50.9 Å². The third kappa shape index (κ3) is 5.41. The lowest BCUT2D eigenvalue weighted by molar-refractivity contribution is 0.249. The summed E-state index contributed by atoms with van der Waals surface area (Å²) >= 11 is 5.23. The van der Waals surface area contributed by atoms with Crippen LogP contribution in [0.2, 0.25) is 0 Å². The second kappa shape index (κ2) is 8.17. The van der Waals surface area contributed by atoms with Crippen LogP contribution in [0.5, 0.6) is 0 Å². The van der Waals surface area contributed by atoms with Crippen molar-refractivity contribution in [2.24, 2.45) is 10.8 Å². The van der Waals surface area contributed by atoms with E-state index in [-0.39, 0.29) is 0 Å². The molecule has 0 aliphatic rings. The van der Waals surface area contributed by atoms with Crippen LogP contribution in [0.3, 0.4) is 0 Å². The number of primary amides is 1. The normalized spacial score (nSPS) is 10.9. The highest BCUT2D eigenvalue weighted by Gasteiger charge is 2.05. The van der Waals surface area contributed by atoms with Gasteiger partial charge in [-0.2, -0.15) is 5.10 Å². The Morgan fingerprint density at radius 3 is 2.61 bits per heavy atom. The number of nitrogens with zero attached hydrogens (tertiary/aromatic N) is 1. The summed E-state index contributed by atoms with van der Waals surface area (Å²) in [7, 11) is 0. The lowest BCUT2D eigenvalue weighted by atomic mass is 10.0. The Morgan fingerprint density at radius 1 is 1.26 bits per heavy atom. The monoisotopic (exact) mass is 391 g/mol. The van der Waals surface area contributed by atoms with Crippen LogP contribution in [0.1, 0.15) is 22.3 Å². The first-order valence-corrected chi connectivity index (χ1v) is 8.80. The van der Waals surface area contributed by atoms with Crippen LogP contribution in [-0.2, 0) is 5.75 Å². The number of rotatable bonds is 5. The maximum atomic E-state index is 10.7. The van der Waals surface area contributed by atoms with Crippen LogP contribution in [0.4, 0.5) is 4.79 Å². The molecule has 0 aromatic heterocycles. The van der Waals surface area contributed by atoms with E-state index >= 15 is 0 Å². The molecule has 0 bridgehead atoms. The zero-order valence-corrected chi connectivity index (χ0v) is 15.4. The van der Waals surface area contributed by atoms with Crippen molar-refractivity contribution in [1.29, 1.82) is 0 Å². The van der Waals surface area contributed by atoms with Gasteiger partial charge in [0.2, 0.25) is 0 Å². The van der Waals surface area contributed by atoms with E-state index in [1.54, 1.807) is 18.0 Å².